The third kappa shape index (κ3) is 6.19. The zero-order valence-corrected chi connectivity index (χ0v) is 20.1. The van der Waals surface area contributed by atoms with E-state index >= 15 is 0 Å². The van der Waals surface area contributed by atoms with E-state index in [-0.39, 0.29) is 33.7 Å². The maximum atomic E-state index is 13.8. The van der Waals surface area contributed by atoms with Crippen LogP contribution in [0.15, 0.2) is 66.7 Å². The Hall–Kier alpha value is -3.66. The molecule has 0 fully saturated rings. The van der Waals surface area contributed by atoms with Gasteiger partial charge in [0.1, 0.15) is 5.82 Å². The van der Waals surface area contributed by atoms with E-state index in [4.69, 9.17) is 0 Å². The van der Waals surface area contributed by atoms with Crippen molar-refractivity contribution in [2.24, 2.45) is 0 Å². The van der Waals surface area contributed by atoms with Crippen LogP contribution in [0.1, 0.15) is 17.5 Å². The predicted molar refractivity (Wildman–Crippen MR) is 132 cm³/mol. The summed E-state index contributed by atoms with van der Waals surface area (Å²) in [5, 5.41) is 3.19. The van der Waals surface area contributed by atoms with Crippen molar-refractivity contribution in [2.75, 3.05) is 32.5 Å². The van der Waals surface area contributed by atoms with Gasteiger partial charge in [-0.2, -0.15) is 26.3 Å². The molecule has 0 saturated heterocycles. The van der Waals surface area contributed by atoms with Crippen LogP contribution in [0.2, 0.25) is 0 Å². The average Bonchev–Trinajstić information content (AvgIpc) is 2.85. The molecule has 0 radical (unpaired) electrons. The van der Waals surface area contributed by atoms with Gasteiger partial charge in [0.2, 0.25) is 0 Å². The lowest BCUT2D eigenvalue weighted by atomic mass is 9.99. The highest BCUT2D eigenvalue weighted by Gasteiger charge is 2.35. The van der Waals surface area contributed by atoms with E-state index in [0.717, 1.165) is 24.7 Å². The van der Waals surface area contributed by atoms with Crippen molar-refractivity contribution in [2.45, 2.75) is 18.8 Å². The third-order valence-electron chi connectivity index (χ3n) is 5.73. The molecule has 0 saturated carbocycles. The van der Waals surface area contributed by atoms with Crippen molar-refractivity contribution in [1.82, 2.24) is 14.9 Å². The average molecular weight is 519 g/mol. The Morgan fingerprint density at radius 1 is 0.757 bits per heavy atom. The van der Waals surface area contributed by atoms with E-state index in [1.165, 1.54) is 18.2 Å². The van der Waals surface area contributed by atoms with Gasteiger partial charge in [-0.25, -0.2) is 9.97 Å². The minimum atomic E-state index is -4.71. The molecule has 0 aliphatic carbocycles. The summed E-state index contributed by atoms with van der Waals surface area (Å²) in [5.41, 5.74) is -1.58. The monoisotopic (exact) mass is 518 g/mol. The van der Waals surface area contributed by atoms with Gasteiger partial charge in [-0.15, -0.1) is 0 Å². The van der Waals surface area contributed by atoms with Crippen LogP contribution in [0, 0.1) is 0 Å². The van der Waals surface area contributed by atoms with Gasteiger partial charge >= 0.3 is 12.4 Å². The second kappa shape index (κ2) is 10.4. The van der Waals surface area contributed by atoms with E-state index < -0.39 is 23.5 Å². The molecular formula is C27H24F6N4. The van der Waals surface area contributed by atoms with Crippen LogP contribution in [0.4, 0.5) is 32.2 Å². The maximum absolute atomic E-state index is 13.8. The van der Waals surface area contributed by atoms with Crippen molar-refractivity contribution in [3.8, 4) is 22.5 Å². The summed E-state index contributed by atoms with van der Waals surface area (Å²) in [7, 11) is 3.79. The van der Waals surface area contributed by atoms with Crippen molar-refractivity contribution in [1.29, 1.82) is 0 Å². The first-order valence-electron chi connectivity index (χ1n) is 11.5. The molecule has 4 rings (SSSR count). The molecule has 1 N–H and O–H groups in total. The van der Waals surface area contributed by atoms with Crippen LogP contribution in [-0.4, -0.2) is 42.1 Å². The molecule has 4 aromatic rings. The van der Waals surface area contributed by atoms with Crippen molar-refractivity contribution >= 4 is 16.7 Å². The molecule has 0 aliphatic rings. The summed E-state index contributed by atoms with van der Waals surface area (Å²) in [6.07, 6.45) is -8.72. The molecule has 0 spiro atoms. The number of hydrogen-bond acceptors (Lipinski definition) is 4. The molecule has 1 heterocycles. The number of anilines is 1. The smallest absolute Gasteiger partial charge is 0.369 e. The highest BCUT2D eigenvalue weighted by molar-refractivity contribution is 5.93. The second-order valence-electron chi connectivity index (χ2n) is 8.84. The second-order valence-corrected chi connectivity index (χ2v) is 8.84. The van der Waals surface area contributed by atoms with Gasteiger partial charge in [0.15, 0.2) is 5.82 Å². The van der Waals surface area contributed by atoms with E-state index in [2.05, 4.69) is 15.3 Å². The topological polar surface area (TPSA) is 41.0 Å². The van der Waals surface area contributed by atoms with Crippen LogP contribution < -0.4 is 5.32 Å². The molecule has 1 aromatic heterocycles. The summed E-state index contributed by atoms with van der Waals surface area (Å²) in [5.74, 6) is -0.105. The molecule has 0 atom stereocenters. The largest absolute Gasteiger partial charge is 0.418 e. The van der Waals surface area contributed by atoms with E-state index in [1.54, 1.807) is 30.3 Å². The number of nitrogens with one attached hydrogen (secondary N) is 1. The van der Waals surface area contributed by atoms with Crippen LogP contribution in [0.3, 0.4) is 0 Å². The molecule has 0 amide bonds. The van der Waals surface area contributed by atoms with Crippen molar-refractivity contribution < 1.29 is 26.3 Å². The molecule has 194 valence electrons. The predicted octanol–water partition coefficient (Wildman–Crippen LogP) is 7.37. The van der Waals surface area contributed by atoms with E-state index in [9.17, 15) is 26.3 Å². The molecule has 3 aromatic carbocycles. The van der Waals surface area contributed by atoms with Gasteiger partial charge in [0, 0.05) is 17.5 Å². The zero-order valence-electron chi connectivity index (χ0n) is 20.1. The summed E-state index contributed by atoms with van der Waals surface area (Å²) < 4.78 is 82.9. The third-order valence-corrected chi connectivity index (χ3v) is 5.73. The lowest BCUT2D eigenvalue weighted by Crippen LogP contribution is -2.17. The van der Waals surface area contributed by atoms with Gasteiger partial charge in [-0.3, -0.25) is 0 Å². The minimum absolute atomic E-state index is 0.0381. The number of halogens is 6. The Labute approximate surface area is 210 Å². The number of alkyl halides is 6. The van der Waals surface area contributed by atoms with E-state index in [1.807, 2.05) is 19.0 Å². The van der Waals surface area contributed by atoms with Crippen molar-refractivity contribution in [3.63, 3.8) is 0 Å². The Morgan fingerprint density at radius 3 is 2.11 bits per heavy atom. The van der Waals surface area contributed by atoms with Gasteiger partial charge in [-0.1, -0.05) is 36.4 Å². The highest BCUT2D eigenvalue weighted by Crippen LogP contribution is 2.39. The van der Waals surface area contributed by atoms with Gasteiger partial charge < -0.3 is 10.2 Å². The zero-order chi connectivity index (χ0) is 26.8. The van der Waals surface area contributed by atoms with Crippen LogP contribution in [-0.2, 0) is 12.4 Å². The highest BCUT2D eigenvalue weighted by atomic mass is 19.4. The molecule has 0 bridgehead atoms. The number of rotatable bonds is 7. The fourth-order valence-electron chi connectivity index (χ4n) is 3.96. The number of hydrogen-bond donors (Lipinski definition) is 1. The van der Waals surface area contributed by atoms with Gasteiger partial charge in [-0.05, 0) is 68.5 Å². The maximum Gasteiger partial charge on any atom is 0.418 e. The summed E-state index contributed by atoms with van der Waals surface area (Å²) in [6.45, 7) is 1.13. The lowest BCUT2D eigenvalue weighted by Gasteiger charge is -2.16. The van der Waals surface area contributed by atoms with Gasteiger partial charge in [0.25, 0.3) is 0 Å². The van der Waals surface area contributed by atoms with Crippen LogP contribution in [0.5, 0.6) is 0 Å². The summed E-state index contributed by atoms with van der Waals surface area (Å²) in [6, 6.07) is 15.4. The Bertz CT molecular complexity index is 1380. The molecule has 0 unspecified atom stereocenters. The molecule has 0 aliphatic heterocycles. The van der Waals surface area contributed by atoms with Crippen LogP contribution in [0.25, 0.3) is 33.4 Å². The lowest BCUT2D eigenvalue weighted by molar-refractivity contribution is -0.137. The number of benzene rings is 3. The molecular weight excluding hydrogens is 494 g/mol. The quantitative estimate of drug-likeness (QED) is 0.205. The fraction of sp³-hybridized carbons (Fsp3) is 0.259. The normalized spacial score (nSPS) is 12.4. The number of fused-ring (bicyclic) bond motifs is 1. The fourth-order valence-corrected chi connectivity index (χ4v) is 3.96. The standard InChI is InChI=1S/C27H24F6N4/c1-37(2)13-7-12-34-25-21-10-6-11-22(27(31,32)33)23(21)35-24(36-25)19-14-18(17-8-4-3-5-9-17)15-20(16-19)26(28,29)30/h3-6,8-11,14-16H,7,12-13H2,1-2H3,(H,34,35,36). The number of aromatic nitrogens is 2. The first-order chi connectivity index (χ1) is 17.4. The van der Waals surface area contributed by atoms with Crippen molar-refractivity contribution in [3.05, 3.63) is 77.9 Å². The summed E-state index contributed by atoms with van der Waals surface area (Å²) in [4.78, 5) is 10.5. The summed E-state index contributed by atoms with van der Waals surface area (Å²) >= 11 is 0. The first-order valence-corrected chi connectivity index (χ1v) is 11.5. The number of para-hydroxylation sites is 1. The molecule has 10 heteroatoms. The number of nitrogens with zero attached hydrogens (tertiary/aromatic N) is 3. The Balaban J connectivity index is 1.92. The van der Waals surface area contributed by atoms with Gasteiger partial charge in [0.05, 0.1) is 16.6 Å². The molecule has 37 heavy (non-hydrogen) atoms. The Morgan fingerprint density at radius 2 is 1.46 bits per heavy atom. The molecule has 4 nitrogen and oxygen atoms in total. The van der Waals surface area contributed by atoms with E-state index in [0.29, 0.717) is 18.5 Å². The Kier molecular flexibility index (Phi) is 7.40. The van der Waals surface area contributed by atoms with Crippen LogP contribution >= 0.6 is 0 Å². The minimum Gasteiger partial charge on any atom is -0.369 e. The SMILES string of the molecule is CN(C)CCCNc1nc(-c2cc(-c3ccccc3)cc(C(F)(F)F)c2)nc2c(C(F)(F)F)cccc12. The first kappa shape index (κ1) is 26.4.